The standard InChI is InChI=1S/C19H19NO7/c1-25-18-12-15(5-7-17(18)21)6-8-19(22)26-13-16-4-2-3-14(11-16)9-10-27-20(23)24/h2-8,11-12,21H,9-10,13H2,1H3. The van der Waals surface area contributed by atoms with Crippen LogP contribution in [0.3, 0.4) is 0 Å². The first-order valence-electron chi connectivity index (χ1n) is 8.05. The van der Waals surface area contributed by atoms with Gasteiger partial charge in [0.05, 0.1) is 7.11 Å². The molecule has 0 aliphatic rings. The summed E-state index contributed by atoms with van der Waals surface area (Å²) < 4.78 is 10.2. The van der Waals surface area contributed by atoms with Crippen molar-refractivity contribution < 1.29 is 29.3 Å². The highest BCUT2D eigenvalue weighted by atomic mass is 16.9. The second-order valence-electron chi connectivity index (χ2n) is 5.50. The van der Waals surface area contributed by atoms with Gasteiger partial charge < -0.3 is 19.4 Å². The fourth-order valence-electron chi connectivity index (χ4n) is 2.28. The summed E-state index contributed by atoms with van der Waals surface area (Å²) in [5.74, 6) is -0.201. The summed E-state index contributed by atoms with van der Waals surface area (Å²) in [4.78, 5) is 26.3. The zero-order valence-electron chi connectivity index (χ0n) is 14.7. The fourth-order valence-corrected chi connectivity index (χ4v) is 2.28. The molecule has 8 nitrogen and oxygen atoms in total. The van der Waals surface area contributed by atoms with Gasteiger partial charge >= 0.3 is 5.97 Å². The molecule has 0 radical (unpaired) electrons. The van der Waals surface area contributed by atoms with E-state index in [1.165, 1.54) is 19.3 Å². The van der Waals surface area contributed by atoms with Crippen molar-refractivity contribution >= 4 is 12.0 Å². The van der Waals surface area contributed by atoms with E-state index in [9.17, 15) is 20.0 Å². The molecule has 0 bridgehead atoms. The summed E-state index contributed by atoms with van der Waals surface area (Å²) in [6.45, 7) is 0.0427. The normalized spacial score (nSPS) is 10.6. The number of rotatable bonds is 9. The zero-order chi connectivity index (χ0) is 19.6. The molecule has 0 unspecified atom stereocenters. The van der Waals surface area contributed by atoms with Crippen LogP contribution < -0.4 is 4.74 Å². The largest absolute Gasteiger partial charge is 0.504 e. The molecule has 0 saturated heterocycles. The van der Waals surface area contributed by atoms with Gasteiger partial charge in [-0.25, -0.2) is 4.79 Å². The van der Waals surface area contributed by atoms with Gasteiger partial charge in [0.25, 0.3) is 5.09 Å². The van der Waals surface area contributed by atoms with Crippen LogP contribution in [0.4, 0.5) is 0 Å². The molecular weight excluding hydrogens is 354 g/mol. The molecule has 8 heteroatoms. The molecule has 142 valence electrons. The summed E-state index contributed by atoms with van der Waals surface area (Å²) >= 11 is 0. The average molecular weight is 373 g/mol. The van der Waals surface area contributed by atoms with Gasteiger partial charge in [-0.3, -0.25) is 0 Å². The summed E-state index contributed by atoms with van der Waals surface area (Å²) in [6, 6.07) is 11.9. The third-order valence-corrected chi connectivity index (χ3v) is 3.58. The number of methoxy groups -OCH3 is 1. The summed E-state index contributed by atoms with van der Waals surface area (Å²) in [5, 5.41) is 18.9. The van der Waals surface area contributed by atoms with E-state index in [1.54, 1.807) is 36.4 Å². The molecule has 2 rings (SSSR count). The number of ether oxygens (including phenoxy) is 2. The van der Waals surface area contributed by atoms with Gasteiger partial charge in [-0.15, -0.1) is 10.1 Å². The number of aromatic hydroxyl groups is 1. The summed E-state index contributed by atoms with van der Waals surface area (Å²) in [5.41, 5.74) is 2.29. The van der Waals surface area contributed by atoms with E-state index < -0.39 is 11.1 Å². The number of carbonyl (C=O) groups is 1. The Morgan fingerprint density at radius 3 is 2.74 bits per heavy atom. The number of phenolic OH excluding ortho intramolecular Hbond substituents is 1. The maximum Gasteiger partial charge on any atom is 0.331 e. The molecule has 0 saturated carbocycles. The van der Waals surface area contributed by atoms with E-state index in [1.807, 2.05) is 6.07 Å². The number of benzene rings is 2. The highest BCUT2D eigenvalue weighted by Crippen LogP contribution is 2.26. The van der Waals surface area contributed by atoms with E-state index in [2.05, 4.69) is 4.84 Å². The SMILES string of the molecule is COc1cc(C=CC(=O)OCc2cccc(CCO[N+](=O)[O-])c2)ccc1O. The second-order valence-corrected chi connectivity index (χ2v) is 5.50. The topological polar surface area (TPSA) is 108 Å². The zero-order valence-corrected chi connectivity index (χ0v) is 14.7. The van der Waals surface area contributed by atoms with Gasteiger partial charge in [0.15, 0.2) is 11.5 Å². The third kappa shape index (κ3) is 6.69. The summed E-state index contributed by atoms with van der Waals surface area (Å²) in [7, 11) is 1.44. The molecule has 0 spiro atoms. The van der Waals surface area contributed by atoms with Crippen LogP contribution in [0.1, 0.15) is 16.7 Å². The lowest BCUT2D eigenvalue weighted by Crippen LogP contribution is -2.05. The number of hydrogen-bond donors (Lipinski definition) is 1. The minimum Gasteiger partial charge on any atom is -0.504 e. The Hall–Kier alpha value is -3.55. The smallest absolute Gasteiger partial charge is 0.331 e. The Morgan fingerprint density at radius 2 is 2.00 bits per heavy atom. The molecule has 0 aliphatic heterocycles. The molecule has 0 amide bonds. The lowest BCUT2D eigenvalue weighted by Gasteiger charge is -2.06. The second kappa shape index (κ2) is 9.81. The van der Waals surface area contributed by atoms with E-state index >= 15 is 0 Å². The van der Waals surface area contributed by atoms with E-state index in [0.717, 1.165) is 11.1 Å². The number of phenols is 1. The number of hydrogen-bond acceptors (Lipinski definition) is 7. The Kier molecular flexibility index (Phi) is 7.18. The predicted octanol–water partition coefficient (Wildman–Crippen LogP) is 2.91. The van der Waals surface area contributed by atoms with Crippen molar-refractivity contribution in [1.29, 1.82) is 0 Å². The van der Waals surface area contributed by atoms with Crippen LogP contribution in [-0.4, -0.2) is 29.9 Å². The van der Waals surface area contributed by atoms with Gasteiger partial charge in [-0.05, 0) is 41.3 Å². The van der Waals surface area contributed by atoms with Gasteiger partial charge in [-0.2, -0.15) is 0 Å². The van der Waals surface area contributed by atoms with Crippen LogP contribution >= 0.6 is 0 Å². The minimum atomic E-state index is -0.832. The minimum absolute atomic E-state index is 0.0146. The average Bonchev–Trinajstić information content (AvgIpc) is 2.65. The van der Waals surface area contributed by atoms with Gasteiger partial charge in [0, 0.05) is 6.08 Å². The Labute approximate surface area is 155 Å². The maximum absolute atomic E-state index is 11.9. The van der Waals surface area contributed by atoms with Crippen molar-refractivity contribution in [2.24, 2.45) is 0 Å². The number of nitrogens with zero attached hydrogens (tertiary/aromatic N) is 1. The quantitative estimate of drug-likeness (QED) is 0.311. The van der Waals surface area contributed by atoms with Crippen LogP contribution in [0.15, 0.2) is 48.5 Å². The molecule has 27 heavy (non-hydrogen) atoms. The van der Waals surface area contributed by atoms with Gasteiger partial charge in [-0.1, -0.05) is 30.3 Å². The fraction of sp³-hybridized carbons (Fsp3) is 0.211. The molecular formula is C19H19NO7. The van der Waals surface area contributed by atoms with Crippen molar-refractivity contribution in [3.8, 4) is 11.5 Å². The van der Waals surface area contributed by atoms with Crippen LogP contribution in [0.2, 0.25) is 0 Å². The first-order valence-corrected chi connectivity index (χ1v) is 8.05. The Bertz CT molecular complexity index is 833. The van der Waals surface area contributed by atoms with Crippen molar-refractivity contribution in [3.63, 3.8) is 0 Å². The van der Waals surface area contributed by atoms with Crippen molar-refractivity contribution in [3.05, 3.63) is 75.3 Å². The van der Waals surface area contributed by atoms with Gasteiger partial charge in [0.2, 0.25) is 0 Å². The number of esters is 1. The molecule has 2 aromatic carbocycles. The van der Waals surface area contributed by atoms with E-state index in [0.29, 0.717) is 17.7 Å². The van der Waals surface area contributed by atoms with Gasteiger partial charge in [0.1, 0.15) is 13.2 Å². The highest BCUT2D eigenvalue weighted by Gasteiger charge is 2.04. The lowest BCUT2D eigenvalue weighted by molar-refractivity contribution is -0.757. The lowest BCUT2D eigenvalue weighted by atomic mass is 10.1. The van der Waals surface area contributed by atoms with Crippen LogP contribution in [-0.2, 0) is 27.4 Å². The first-order chi connectivity index (χ1) is 13.0. The molecule has 0 heterocycles. The predicted molar refractivity (Wildman–Crippen MR) is 96.6 cm³/mol. The van der Waals surface area contributed by atoms with Crippen molar-refractivity contribution in [1.82, 2.24) is 0 Å². The highest BCUT2D eigenvalue weighted by molar-refractivity contribution is 5.87. The molecule has 1 N–H and O–H groups in total. The molecule has 2 aromatic rings. The van der Waals surface area contributed by atoms with E-state index in [-0.39, 0.29) is 19.0 Å². The Morgan fingerprint density at radius 1 is 1.22 bits per heavy atom. The summed E-state index contributed by atoms with van der Waals surface area (Å²) in [6.07, 6.45) is 3.21. The van der Waals surface area contributed by atoms with E-state index in [4.69, 9.17) is 9.47 Å². The van der Waals surface area contributed by atoms with Crippen LogP contribution in [0.25, 0.3) is 6.08 Å². The van der Waals surface area contributed by atoms with Crippen molar-refractivity contribution in [2.75, 3.05) is 13.7 Å². The molecule has 0 aliphatic carbocycles. The maximum atomic E-state index is 11.9. The molecule has 0 aromatic heterocycles. The molecule has 0 fully saturated rings. The van der Waals surface area contributed by atoms with Crippen LogP contribution in [0, 0.1) is 10.1 Å². The van der Waals surface area contributed by atoms with Crippen LogP contribution in [0.5, 0.6) is 11.5 Å². The number of carbonyl (C=O) groups excluding carboxylic acids is 1. The first kappa shape index (κ1) is 19.8. The van der Waals surface area contributed by atoms with Crippen molar-refractivity contribution in [2.45, 2.75) is 13.0 Å². The monoisotopic (exact) mass is 373 g/mol. The Balaban J connectivity index is 1.87. The third-order valence-electron chi connectivity index (χ3n) is 3.58. The molecule has 0 atom stereocenters.